The van der Waals surface area contributed by atoms with Crippen molar-refractivity contribution in [1.29, 1.82) is 0 Å². The highest BCUT2D eigenvalue weighted by Gasteiger charge is 2.25. The number of hydrogen-bond donors (Lipinski definition) is 1. The van der Waals surface area contributed by atoms with Gasteiger partial charge in [0.15, 0.2) is 0 Å². The summed E-state index contributed by atoms with van der Waals surface area (Å²) >= 11 is 6.10. The lowest BCUT2D eigenvalue weighted by atomic mass is 10.2. The van der Waals surface area contributed by atoms with E-state index in [0.717, 1.165) is 36.4 Å². The van der Waals surface area contributed by atoms with Crippen LogP contribution in [0.25, 0.3) is 11.0 Å². The molecule has 106 valence electrons. The van der Waals surface area contributed by atoms with Gasteiger partial charge >= 0.3 is 0 Å². The fourth-order valence-electron chi connectivity index (χ4n) is 2.65. The summed E-state index contributed by atoms with van der Waals surface area (Å²) in [5.41, 5.74) is 2.78. The Hall–Kier alpha value is -1.37. The second-order valence-corrected chi connectivity index (χ2v) is 5.60. The third-order valence-corrected chi connectivity index (χ3v) is 3.97. The van der Waals surface area contributed by atoms with E-state index in [9.17, 15) is 0 Å². The molecule has 0 saturated carbocycles. The summed E-state index contributed by atoms with van der Waals surface area (Å²) in [6.07, 6.45) is 2.76. The van der Waals surface area contributed by atoms with Gasteiger partial charge in [0, 0.05) is 12.7 Å². The van der Waals surface area contributed by atoms with Crippen LogP contribution in [0.5, 0.6) is 0 Å². The monoisotopic (exact) mass is 294 g/mol. The molecule has 1 atom stereocenters. The largest absolute Gasteiger partial charge is 0.379 e. The van der Waals surface area contributed by atoms with Crippen LogP contribution in [-0.4, -0.2) is 47.2 Å². The second-order valence-electron chi connectivity index (χ2n) is 5.21. The van der Waals surface area contributed by atoms with E-state index in [1.54, 1.807) is 6.20 Å². The van der Waals surface area contributed by atoms with Crippen LogP contribution in [0.1, 0.15) is 12.5 Å². The minimum absolute atomic E-state index is 0.288. The number of nitrogens with zero attached hydrogens (tertiary/aromatic N) is 3. The Balaban J connectivity index is 1.77. The Labute approximate surface area is 121 Å². The molecule has 7 heteroatoms. The zero-order chi connectivity index (χ0) is 13.5. The molecule has 0 radical (unpaired) electrons. The molecule has 0 bridgehead atoms. The molecule has 0 amide bonds. The topological polar surface area (TPSA) is 61.2 Å². The van der Waals surface area contributed by atoms with Crippen LogP contribution >= 0.6 is 11.6 Å². The van der Waals surface area contributed by atoms with E-state index in [-0.39, 0.29) is 6.04 Å². The van der Waals surface area contributed by atoms with Crippen molar-refractivity contribution < 1.29 is 9.47 Å². The van der Waals surface area contributed by atoms with Crippen LogP contribution < -0.4 is 5.32 Å². The molecule has 0 aliphatic carbocycles. The van der Waals surface area contributed by atoms with Gasteiger partial charge in [-0.2, -0.15) is 5.10 Å². The molecule has 0 aromatic carbocycles. The standard InChI is InChI=1S/C13H15ClN4O2/c14-12-3-10(16-8-1-2-19-5-8)13-11(17-12)4-15-18(13)9-6-20-7-9/h3-4,8-9H,1-2,5-7H2,(H,16,17). The van der Waals surface area contributed by atoms with Gasteiger partial charge in [-0.1, -0.05) is 11.6 Å². The summed E-state index contributed by atoms with van der Waals surface area (Å²) in [5.74, 6) is 0. The third-order valence-electron chi connectivity index (χ3n) is 3.78. The molecule has 2 aliphatic rings. The van der Waals surface area contributed by atoms with Crippen molar-refractivity contribution in [3.63, 3.8) is 0 Å². The highest BCUT2D eigenvalue weighted by atomic mass is 35.5. The average molecular weight is 295 g/mol. The van der Waals surface area contributed by atoms with E-state index >= 15 is 0 Å². The number of aromatic nitrogens is 3. The summed E-state index contributed by atoms with van der Waals surface area (Å²) in [6, 6.07) is 2.47. The third kappa shape index (κ3) is 2.04. The van der Waals surface area contributed by atoms with Crippen molar-refractivity contribution in [1.82, 2.24) is 14.8 Å². The number of ether oxygens (including phenoxy) is 2. The number of halogens is 1. The van der Waals surface area contributed by atoms with Crippen LogP contribution in [-0.2, 0) is 9.47 Å². The van der Waals surface area contributed by atoms with Gasteiger partial charge in [-0.25, -0.2) is 4.98 Å². The van der Waals surface area contributed by atoms with Gasteiger partial charge in [0.1, 0.15) is 16.2 Å². The first kappa shape index (κ1) is 12.4. The molecule has 2 fully saturated rings. The van der Waals surface area contributed by atoms with Crippen molar-refractivity contribution in [2.45, 2.75) is 18.5 Å². The fraction of sp³-hybridized carbons (Fsp3) is 0.538. The first-order valence-corrected chi connectivity index (χ1v) is 7.15. The van der Waals surface area contributed by atoms with E-state index in [0.29, 0.717) is 24.4 Å². The van der Waals surface area contributed by atoms with E-state index in [2.05, 4.69) is 15.4 Å². The summed E-state index contributed by atoms with van der Waals surface area (Å²) in [6.45, 7) is 2.92. The molecule has 1 N–H and O–H groups in total. The minimum atomic E-state index is 0.288. The van der Waals surface area contributed by atoms with Gasteiger partial charge in [-0.05, 0) is 6.42 Å². The molecule has 1 unspecified atom stereocenters. The molecule has 2 aliphatic heterocycles. The molecule has 4 rings (SSSR count). The van der Waals surface area contributed by atoms with Crippen molar-refractivity contribution in [2.75, 3.05) is 31.7 Å². The summed E-state index contributed by atoms with van der Waals surface area (Å²) < 4.78 is 12.7. The quantitative estimate of drug-likeness (QED) is 0.876. The first-order chi connectivity index (χ1) is 9.81. The lowest BCUT2D eigenvalue weighted by molar-refractivity contribution is -0.0266. The number of pyridine rings is 1. The summed E-state index contributed by atoms with van der Waals surface area (Å²) in [7, 11) is 0. The number of anilines is 1. The van der Waals surface area contributed by atoms with Gasteiger partial charge < -0.3 is 14.8 Å². The van der Waals surface area contributed by atoms with E-state index in [1.165, 1.54) is 0 Å². The Bertz CT molecular complexity index is 635. The van der Waals surface area contributed by atoms with E-state index < -0.39 is 0 Å². The smallest absolute Gasteiger partial charge is 0.132 e. The van der Waals surface area contributed by atoms with Crippen LogP contribution in [0.2, 0.25) is 5.15 Å². The molecule has 20 heavy (non-hydrogen) atoms. The van der Waals surface area contributed by atoms with Crippen molar-refractivity contribution in [3.8, 4) is 0 Å². The molecule has 4 heterocycles. The predicted molar refractivity (Wildman–Crippen MR) is 75.2 cm³/mol. The molecular formula is C13H15ClN4O2. The van der Waals surface area contributed by atoms with Gasteiger partial charge in [-0.3, -0.25) is 4.68 Å². The number of rotatable bonds is 3. The lowest BCUT2D eigenvalue weighted by Crippen LogP contribution is -2.31. The average Bonchev–Trinajstić information content (AvgIpc) is 2.97. The number of fused-ring (bicyclic) bond motifs is 1. The zero-order valence-electron chi connectivity index (χ0n) is 10.9. The van der Waals surface area contributed by atoms with Gasteiger partial charge in [-0.15, -0.1) is 0 Å². The molecule has 6 nitrogen and oxygen atoms in total. The van der Waals surface area contributed by atoms with Gasteiger partial charge in [0.2, 0.25) is 0 Å². The maximum Gasteiger partial charge on any atom is 0.132 e. The maximum atomic E-state index is 6.10. The summed E-state index contributed by atoms with van der Waals surface area (Å²) in [4.78, 5) is 4.34. The highest BCUT2D eigenvalue weighted by Crippen LogP contribution is 2.30. The van der Waals surface area contributed by atoms with Crippen LogP contribution in [0.4, 0.5) is 5.69 Å². The lowest BCUT2D eigenvalue weighted by Gasteiger charge is -2.27. The molecule has 0 spiro atoms. The predicted octanol–water partition coefficient (Wildman–Crippen LogP) is 1.86. The SMILES string of the molecule is Clc1cc(NC2CCOC2)c2c(cnn2C2COC2)n1. The van der Waals surface area contributed by atoms with E-state index in [1.807, 2.05) is 10.7 Å². The zero-order valence-corrected chi connectivity index (χ0v) is 11.6. The highest BCUT2D eigenvalue weighted by molar-refractivity contribution is 6.30. The van der Waals surface area contributed by atoms with Crippen molar-refractivity contribution in [2.24, 2.45) is 0 Å². The Morgan fingerprint density at radius 3 is 2.90 bits per heavy atom. The number of nitrogens with one attached hydrogen (secondary N) is 1. The van der Waals surface area contributed by atoms with Gasteiger partial charge in [0.05, 0.1) is 43.8 Å². The summed E-state index contributed by atoms with van der Waals surface area (Å²) in [5, 5.41) is 8.42. The Morgan fingerprint density at radius 2 is 2.20 bits per heavy atom. The molecular weight excluding hydrogens is 280 g/mol. The van der Waals surface area contributed by atoms with Crippen molar-refractivity contribution >= 4 is 28.3 Å². The van der Waals surface area contributed by atoms with Gasteiger partial charge in [0.25, 0.3) is 0 Å². The minimum Gasteiger partial charge on any atom is -0.379 e. The molecule has 2 aromatic rings. The normalized spacial score (nSPS) is 23.1. The van der Waals surface area contributed by atoms with Crippen LogP contribution in [0.3, 0.4) is 0 Å². The Kier molecular flexibility index (Phi) is 3.02. The van der Waals surface area contributed by atoms with Crippen LogP contribution in [0, 0.1) is 0 Å². The Morgan fingerprint density at radius 1 is 1.30 bits per heavy atom. The van der Waals surface area contributed by atoms with Crippen LogP contribution in [0.15, 0.2) is 12.3 Å². The fourth-order valence-corrected chi connectivity index (χ4v) is 2.85. The number of hydrogen-bond acceptors (Lipinski definition) is 5. The second kappa shape index (κ2) is 4.87. The van der Waals surface area contributed by atoms with E-state index in [4.69, 9.17) is 21.1 Å². The molecule has 2 aromatic heterocycles. The molecule has 2 saturated heterocycles. The maximum absolute atomic E-state index is 6.10. The van der Waals surface area contributed by atoms with Crippen molar-refractivity contribution in [3.05, 3.63) is 17.4 Å². The first-order valence-electron chi connectivity index (χ1n) is 6.77.